The lowest BCUT2D eigenvalue weighted by atomic mass is 9.96. The molecule has 3 aromatic carbocycles. The molecule has 1 aromatic heterocycles. The van der Waals surface area contributed by atoms with Gasteiger partial charge >= 0.3 is 0 Å². The lowest BCUT2D eigenvalue weighted by Crippen LogP contribution is -1.95. The second kappa shape index (κ2) is 5.24. The van der Waals surface area contributed by atoms with E-state index in [0.717, 1.165) is 29.0 Å². The Morgan fingerprint density at radius 3 is 2.17 bits per heavy atom. The zero-order valence-corrected chi connectivity index (χ0v) is 13.0. The van der Waals surface area contributed by atoms with Crippen LogP contribution in [0.2, 0.25) is 0 Å². The van der Waals surface area contributed by atoms with Crippen molar-refractivity contribution in [2.45, 2.75) is 6.42 Å². The number of rotatable bonds is 2. The van der Waals surface area contributed by atoms with Crippen molar-refractivity contribution in [2.24, 2.45) is 0 Å². The highest BCUT2D eigenvalue weighted by Crippen LogP contribution is 2.34. The van der Waals surface area contributed by atoms with Gasteiger partial charge in [0, 0.05) is 10.8 Å². The van der Waals surface area contributed by atoms with E-state index in [4.69, 9.17) is 14.5 Å². The molecule has 0 aliphatic carbocycles. The van der Waals surface area contributed by atoms with Crippen molar-refractivity contribution in [3.05, 3.63) is 77.9 Å². The van der Waals surface area contributed by atoms with E-state index in [1.165, 1.54) is 21.9 Å². The summed E-state index contributed by atoms with van der Waals surface area (Å²) < 4.78 is 10.9. The van der Waals surface area contributed by atoms with Crippen molar-refractivity contribution < 1.29 is 9.47 Å². The van der Waals surface area contributed by atoms with Gasteiger partial charge in [-0.2, -0.15) is 0 Å². The molecule has 4 aromatic rings. The molecule has 5 rings (SSSR count). The van der Waals surface area contributed by atoms with Gasteiger partial charge in [-0.3, -0.25) is 0 Å². The molecule has 0 amide bonds. The quantitative estimate of drug-likeness (QED) is 0.502. The number of ether oxygens (including phenoxy) is 2. The third kappa shape index (κ3) is 2.09. The second-order valence-electron chi connectivity index (χ2n) is 5.99. The predicted octanol–water partition coefficient (Wildman–Crippen LogP) is 4.71. The molecule has 0 saturated heterocycles. The fraction of sp³-hybridized carbons (Fsp3) is 0.0952. The average molecular weight is 313 g/mol. The van der Waals surface area contributed by atoms with Crippen LogP contribution in [0.4, 0.5) is 0 Å². The van der Waals surface area contributed by atoms with Gasteiger partial charge < -0.3 is 9.47 Å². The van der Waals surface area contributed by atoms with E-state index in [2.05, 4.69) is 48.5 Å². The van der Waals surface area contributed by atoms with E-state index in [1.54, 1.807) is 0 Å². The second-order valence-corrected chi connectivity index (χ2v) is 5.99. The molecule has 2 heterocycles. The Kier molecular flexibility index (Phi) is 2.92. The maximum absolute atomic E-state index is 5.52. The van der Waals surface area contributed by atoms with Crippen LogP contribution in [0.1, 0.15) is 11.1 Å². The lowest BCUT2D eigenvalue weighted by Gasteiger charge is -2.11. The van der Waals surface area contributed by atoms with Crippen LogP contribution in [0, 0.1) is 0 Å². The normalized spacial score (nSPS) is 12.8. The van der Waals surface area contributed by atoms with Crippen molar-refractivity contribution >= 4 is 21.8 Å². The highest BCUT2D eigenvalue weighted by atomic mass is 16.7. The molecule has 24 heavy (non-hydrogen) atoms. The minimum Gasteiger partial charge on any atom is -0.454 e. The molecule has 0 fully saturated rings. The summed E-state index contributed by atoms with van der Waals surface area (Å²) in [6, 6.07) is 22.8. The van der Waals surface area contributed by atoms with Crippen LogP contribution in [-0.4, -0.2) is 11.8 Å². The van der Waals surface area contributed by atoms with Crippen molar-refractivity contribution in [1.82, 2.24) is 4.98 Å². The number of pyridine rings is 1. The number of benzene rings is 3. The summed E-state index contributed by atoms with van der Waals surface area (Å²) in [7, 11) is 0. The number of nitrogens with zero attached hydrogens (tertiary/aromatic N) is 1. The number of para-hydroxylation sites is 2. The molecule has 1 aliphatic heterocycles. The number of aromatic nitrogens is 1. The Morgan fingerprint density at radius 2 is 1.42 bits per heavy atom. The van der Waals surface area contributed by atoms with Crippen LogP contribution < -0.4 is 9.47 Å². The maximum Gasteiger partial charge on any atom is 0.231 e. The maximum atomic E-state index is 5.52. The summed E-state index contributed by atoms with van der Waals surface area (Å²) in [5.41, 5.74) is 4.58. The Labute approximate surface area is 139 Å². The van der Waals surface area contributed by atoms with Crippen LogP contribution >= 0.6 is 0 Å². The van der Waals surface area contributed by atoms with E-state index < -0.39 is 0 Å². The lowest BCUT2D eigenvalue weighted by molar-refractivity contribution is 0.174. The molecule has 3 heteroatoms. The summed E-state index contributed by atoms with van der Waals surface area (Å²) in [6.07, 6.45) is 0.834. The Hall–Kier alpha value is -3.07. The summed E-state index contributed by atoms with van der Waals surface area (Å²) in [5.74, 6) is 1.65. The van der Waals surface area contributed by atoms with Crippen molar-refractivity contribution in [1.29, 1.82) is 0 Å². The smallest absolute Gasteiger partial charge is 0.231 e. The van der Waals surface area contributed by atoms with Gasteiger partial charge in [0.2, 0.25) is 6.79 Å². The molecule has 1 aliphatic rings. The van der Waals surface area contributed by atoms with Gasteiger partial charge in [-0.1, -0.05) is 42.5 Å². The van der Waals surface area contributed by atoms with E-state index >= 15 is 0 Å². The van der Waals surface area contributed by atoms with E-state index in [1.807, 2.05) is 18.2 Å². The minimum atomic E-state index is 0.305. The number of fused-ring (bicyclic) bond motifs is 3. The SMILES string of the molecule is c1ccc2c(Cc3ccc4c(c3)OCO4)c3ccccc3nc2c1. The molecular formula is C21H15NO2. The predicted molar refractivity (Wildman–Crippen MR) is 94.6 cm³/mol. The topological polar surface area (TPSA) is 31.4 Å². The Morgan fingerprint density at radius 1 is 0.750 bits per heavy atom. The van der Waals surface area contributed by atoms with Crippen LogP contribution in [0.15, 0.2) is 66.7 Å². The van der Waals surface area contributed by atoms with Crippen LogP contribution in [0.25, 0.3) is 21.8 Å². The summed E-state index contributed by atoms with van der Waals surface area (Å²) in [6.45, 7) is 0.305. The summed E-state index contributed by atoms with van der Waals surface area (Å²) in [4.78, 5) is 4.79. The third-order valence-electron chi connectivity index (χ3n) is 4.52. The molecule has 0 N–H and O–H groups in total. The summed E-state index contributed by atoms with van der Waals surface area (Å²) in [5, 5.41) is 2.41. The molecule has 0 atom stereocenters. The fourth-order valence-electron chi connectivity index (χ4n) is 3.37. The summed E-state index contributed by atoms with van der Waals surface area (Å²) >= 11 is 0. The molecule has 116 valence electrons. The largest absolute Gasteiger partial charge is 0.454 e. The van der Waals surface area contributed by atoms with E-state index in [0.29, 0.717) is 6.79 Å². The monoisotopic (exact) mass is 313 g/mol. The van der Waals surface area contributed by atoms with Gasteiger partial charge in [-0.15, -0.1) is 0 Å². The van der Waals surface area contributed by atoms with Gasteiger partial charge in [-0.25, -0.2) is 4.98 Å². The first-order valence-electron chi connectivity index (χ1n) is 8.03. The fourth-order valence-corrected chi connectivity index (χ4v) is 3.37. The number of hydrogen-bond acceptors (Lipinski definition) is 3. The first kappa shape index (κ1) is 13.4. The van der Waals surface area contributed by atoms with Crippen molar-refractivity contribution in [2.75, 3.05) is 6.79 Å². The zero-order valence-electron chi connectivity index (χ0n) is 13.0. The van der Waals surface area contributed by atoms with Gasteiger partial charge in [0.1, 0.15) is 0 Å². The molecule has 0 spiro atoms. The van der Waals surface area contributed by atoms with Crippen molar-refractivity contribution in [3.8, 4) is 11.5 Å². The zero-order chi connectivity index (χ0) is 15.9. The highest BCUT2D eigenvalue weighted by Gasteiger charge is 2.15. The van der Waals surface area contributed by atoms with Gasteiger partial charge in [0.15, 0.2) is 11.5 Å². The molecular weight excluding hydrogens is 298 g/mol. The average Bonchev–Trinajstić information content (AvgIpc) is 3.09. The standard InChI is InChI=1S/C21H15NO2/c1-3-7-18-15(5-1)17(16-6-2-4-8-19(16)22-18)11-14-9-10-20-21(12-14)24-13-23-20/h1-10,12H,11,13H2. The van der Waals surface area contributed by atoms with Crippen molar-refractivity contribution in [3.63, 3.8) is 0 Å². The van der Waals surface area contributed by atoms with Crippen LogP contribution in [0.5, 0.6) is 11.5 Å². The minimum absolute atomic E-state index is 0.305. The van der Waals surface area contributed by atoms with Gasteiger partial charge in [0.05, 0.1) is 11.0 Å². The molecule has 0 bridgehead atoms. The van der Waals surface area contributed by atoms with Gasteiger partial charge in [0.25, 0.3) is 0 Å². The molecule has 0 radical (unpaired) electrons. The molecule has 0 unspecified atom stereocenters. The first-order chi connectivity index (χ1) is 11.9. The van der Waals surface area contributed by atoms with Gasteiger partial charge in [-0.05, 0) is 41.8 Å². The highest BCUT2D eigenvalue weighted by molar-refractivity contribution is 5.97. The first-order valence-corrected chi connectivity index (χ1v) is 8.03. The third-order valence-corrected chi connectivity index (χ3v) is 4.52. The molecule has 0 saturated carbocycles. The van der Waals surface area contributed by atoms with E-state index in [-0.39, 0.29) is 0 Å². The Balaban J connectivity index is 1.72. The Bertz CT molecular complexity index is 1020. The van der Waals surface area contributed by atoms with Crippen LogP contribution in [0.3, 0.4) is 0 Å². The number of hydrogen-bond donors (Lipinski definition) is 0. The van der Waals surface area contributed by atoms with Crippen LogP contribution in [-0.2, 0) is 6.42 Å². The molecule has 3 nitrogen and oxygen atoms in total. The van der Waals surface area contributed by atoms with E-state index in [9.17, 15) is 0 Å².